The summed E-state index contributed by atoms with van der Waals surface area (Å²) >= 11 is 1.50. The molecule has 7 heteroatoms. The lowest BCUT2D eigenvalue weighted by atomic mass is 9.90. The van der Waals surface area contributed by atoms with Crippen LogP contribution in [0.3, 0.4) is 0 Å². The predicted octanol–water partition coefficient (Wildman–Crippen LogP) is 4.36. The highest BCUT2D eigenvalue weighted by molar-refractivity contribution is 8.16. The molecule has 4 rings (SSSR count). The smallest absolute Gasteiger partial charge is 0.338 e. The standard InChI is InChI=1S/C24H29N3O3S/c1-5-30-23(29)21-16(4)26-24-27(22(21)19-10-14(2)6-7-15(19)3)18(13-31-24)11-20(28)25-12-17-8-9-17/h6-7,10,13,17,22H,5,8-9,11-12H2,1-4H3,(H,25,28). The molecule has 0 spiro atoms. The fourth-order valence-electron chi connectivity index (χ4n) is 4.00. The van der Waals surface area contributed by atoms with Crippen molar-refractivity contribution in [1.82, 2.24) is 10.2 Å². The highest BCUT2D eigenvalue weighted by Crippen LogP contribution is 2.45. The summed E-state index contributed by atoms with van der Waals surface area (Å²) in [6.07, 6.45) is 2.65. The van der Waals surface area contributed by atoms with Gasteiger partial charge in [0, 0.05) is 12.2 Å². The molecule has 1 saturated carbocycles. The summed E-state index contributed by atoms with van der Waals surface area (Å²) in [4.78, 5) is 32.4. The highest BCUT2D eigenvalue weighted by atomic mass is 32.2. The number of ether oxygens (including phenoxy) is 1. The number of aryl methyl sites for hydroxylation is 2. The topological polar surface area (TPSA) is 71.0 Å². The number of rotatable bonds is 7. The minimum Gasteiger partial charge on any atom is -0.463 e. The van der Waals surface area contributed by atoms with E-state index in [1.807, 2.05) is 31.1 Å². The van der Waals surface area contributed by atoms with E-state index in [0.717, 1.165) is 34.1 Å². The first-order chi connectivity index (χ1) is 14.9. The third kappa shape index (κ3) is 4.56. The van der Waals surface area contributed by atoms with Crippen molar-refractivity contribution in [2.45, 2.75) is 53.0 Å². The van der Waals surface area contributed by atoms with Crippen LogP contribution in [0.1, 0.15) is 55.8 Å². The van der Waals surface area contributed by atoms with Gasteiger partial charge in [0.2, 0.25) is 5.91 Å². The molecule has 0 radical (unpaired) electrons. The van der Waals surface area contributed by atoms with Gasteiger partial charge in [0.15, 0.2) is 5.17 Å². The van der Waals surface area contributed by atoms with Gasteiger partial charge in [-0.3, -0.25) is 4.79 Å². The summed E-state index contributed by atoms with van der Waals surface area (Å²) in [5, 5.41) is 5.82. The van der Waals surface area contributed by atoms with E-state index in [1.54, 1.807) is 6.92 Å². The maximum Gasteiger partial charge on any atom is 0.338 e. The van der Waals surface area contributed by atoms with E-state index in [-0.39, 0.29) is 24.3 Å². The summed E-state index contributed by atoms with van der Waals surface area (Å²) < 4.78 is 5.41. The van der Waals surface area contributed by atoms with Crippen molar-refractivity contribution in [3.05, 3.63) is 57.3 Å². The molecule has 1 amide bonds. The first kappa shape index (κ1) is 21.7. The number of allylic oxidation sites excluding steroid dienone is 1. The number of thioether (sulfide) groups is 1. The van der Waals surface area contributed by atoms with Crippen LogP contribution in [-0.4, -0.2) is 35.1 Å². The molecule has 0 bridgehead atoms. The third-order valence-corrected chi connectivity index (χ3v) is 6.74. The molecule has 0 saturated heterocycles. The molecule has 164 valence electrons. The van der Waals surface area contributed by atoms with Crippen LogP contribution in [0.25, 0.3) is 0 Å². The Hall–Kier alpha value is -2.54. The normalized spacial score (nSPS) is 20.3. The minimum atomic E-state index is -0.371. The number of benzene rings is 1. The second kappa shape index (κ2) is 8.91. The number of amides is 1. The lowest BCUT2D eigenvalue weighted by molar-refractivity contribution is -0.139. The van der Waals surface area contributed by atoms with Gasteiger partial charge >= 0.3 is 5.97 Å². The van der Waals surface area contributed by atoms with Gasteiger partial charge < -0.3 is 15.0 Å². The number of nitrogens with one attached hydrogen (secondary N) is 1. The Labute approximate surface area is 187 Å². The lowest BCUT2D eigenvalue weighted by Gasteiger charge is -2.37. The molecular weight excluding hydrogens is 410 g/mol. The van der Waals surface area contributed by atoms with Crippen molar-refractivity contribution < 1.29 is 14.3 Å². The highest BCUT2D eigenvalue weighted by Gasteiger charge is 2.41. The zero-order valence-electron chi connectivity index (χ0n) is 18.5. The molecular formula is C24H29N3O3S. The number of fused-ring (bicyclic) bond motifs is 1. The fraction of sp³-hybridized carbons (Fsp3) is 0.458. The number of aliphatic imine (C=N–C) groups is 1. The van der Waals surface area contributed by atoms with Crippen molar-refractivity contribution >= 4 is 28.8 Å². The number of nitrogens with zero attached hydrogens (tertiary/aromatic N) is 2. The molecule has 2 aliphatic heterocycles. The number of esters is 1. The second-order valence-corrected chi connectivity index (χ2v) is 9.23. The molecule has 1 aromatic carbocycles. The second-order valence-electron chi connectivity index (χ2n) is 8.40. The molecule has 2 heterocycles. The molecule has 3 aliphatic rings. The van der Waals surface area contributed by atoms with Gasteiger partial charge in [-0.25, -0.2) is 9.79 Å². The van der Waals surface area contributed by atoms with E-state index in [4.69, 9.17) is 9.73 Å². The Kier molecular flexibility index (Phi) is 6.23. The zero-order chi connectivity index (χ0) is 22.1. The Balaban J connectivity index is 1.70. The van der Waals surface area contributed by atoms with E-state index in [2.05, 4.69) is 23.5 Å². The van der Waals surface area contributed by atoms with Crippen LogP contribution in [-0.2, 0) is 14.3 Å². The summed E-state index contributed by atoms with van der Waals surface area (Å²) in [5.41, 5.74) is 5.28. The average Bonchev–Trinajstić information content (AvgIpc) is 3.48. The van der Waals surface area contributed by atoms with Gasteiger partial charge in [0.25, 0.3) is 0 Å². The van der Waals surface area contributed by atoms with E-state index >= 15 is 0 Å². The fourth-order valence-corrected chi connectivity index (χ4v) is 4.96. The maximum atomic E-state index is 13.0. The molecule has 1 N–H and O–H groups in total. The van der Waals surface area contributed by atoms with Crippen molar-refractivity contribution in [2.24, 2.45) is 10.9 Å². The van der Waals surface area contributed by atoms with Gasteiger partial charge in [0.05, 0.1) is 30.3 Å². The number of amidine groups is 1. The summed E-state index contributed by atoms with van der Waals surface area (Å²) in [7, 11) is 0. The van der Waals surface area contributed by atoms with Crippen LogP contribution in [0.15, 0.2) is 45.6 Å². The third-order valence-electron chi connectivity index (χ3n) is 5.85. The van der Waals surface area contributed by atoms with Crippen LogP contribution < -0.4 is 5.32 Å². The van der Waals surface area contributed by atoms with Gasteiger partial charge in [-0.15, -0.1) is 0 Å². The van der Waals surface area contributed by atoms with Gasteiger partial charge in [-0.05, 0) is 63.0 Å². The molecule has 1 aromatic rings. The number of carbonyl (C=O) groups excluding carboxylic acids is 2. The number of hydrogen-bond acceptors (Lipinski definition) is 6. The molecule has 6 nitrogen and oxygen atoms in total. The molecule has 1 fully saturated rings. The number of hydrogen-bond donors (Lipinski definition) is 1. The number of carbonyl (C=O) groups is 2. The van der Waals surface area contributed by atoms with Crippen molar-refractivity contribution in [2.75, 3.05) is 13.2 Å². The van der Waals surface area contributed by atoms with E-state index in [0.29, 0.717) is 23.8 Å². The van der Waals surface area contributed by atoms with Crippen LogP contribution in [0.4, 0.5) is 0 Å². The first-order valence-electron chi connectivity index (χ1n) is 10.8. The van der Waals surface area contributed by atoms with E-state index in [9.17, 15) is 9.59 Å². The summed E-state index contributed by atoms with van der Waals surface area (Å²) in [6, 6.07) is 5.88. The van der Waals surface area contributed by atoms with Crippen LogP contribution in [0, 0.1) is 19.8 Å². The quantitative estimate of drug-likeness (QED) is 0.639. The van der Waals surface area contributed by atoms with Crippen molar-refractivity contribution in [3.8, 4) is 0 Å². The van der Waals surface area contributed by atoms with Crippen molar-refractivity contribution in [1.29, 1.82) is 0 Å². The maximum absolute atomic E-state index is 13.0. The molecule has 1 aliphatic carbocycles. The Morgan fingerprint density at radius 1 is 1.26 bits per heavy atom. The average molecular weight is 440 g/mol. The zero-order valence-corrected chi connectivity index (χ0v) is 19.3. The monoisotopic (exact) mass is 439 g/mol. The molecule has 31 heavy (non-hydrogen) atoms. The SMILES string of the molecule is CCOC(=O)C1=C(C)N=C2SC=C(CC(=O)NCC3CC3)N2C1c1cc(C)ccc1C. The predicted molar refractivity (Wildman–Crippen MR) is 123 cm³/mol. The van der Waals surface area contributed by atoms with Crippen LogP contribution in [0.2, 0.25) is 0 Å². The van der Waals surface area contributed by atoms with E-state index in [1.165, 1.54) is 24.6 Å². The lowest BCUT2D eigenvalue weighted by Crippen LogP contribution is -2.38. The van der Waals surface area contributed by atoms with Crippen LogP contribution >= 0.6 is 11.8 Å². The van der Waals surface area contributed by atoms with Gasteiger partial charge in [-0.2, -0.15) is 0 Å². The molecule has 0 aromatic heterocycles. The Morgan fingerprint density at radius 2 is 2.03 bits per heavy atom. The van der Waals surface area contributed by atoms with Gasteiger partial charge in [-0.1, -0.05) is 35.5 Å². The first-order valence-corrected chi connectivity index (χ1v) is 11.7. The van der Waals surface area contributed by atoms with Crippen molar-refractivity contribution in [3.63, 3.8) is 0 Å². The van der Waals surface area contributed by atoms with Crippen LogP contribution in [0.5, 0.6) is 0 Å². The van der Waals surface area contributed by atoms with E-state index < -0.39 is 0 Å². The Bertz CT molecular complexity index is 1010. The largest absolute Gasteiger partial charge is 0.463 e. The summed E-state index contributed by atoms with van der Waals surface area (Å²) in [6.45, 7) is 8.80. The van der Waals surface area contributed by atoms with Gasteiger partial charge in [0.1, 0.15) is 0 Å². The summed E-state index contributed by atoms with van der Waals surface area (Å²) in [5.74, 6) is 0.276. The Morgan fingerprint density at radius 3 is 2.74 bits per heavy atom. The minimum absolute atomic E-state index is 0.00340. The molecule has 1 unspecified atom stereocenters. The molecule has 1 atom stereocenters.